The lowest BCUT2D eigenvalue weighted by molar-refractivity contribution is -0.311. The first-order valence-electron chi connectivity index (χ1n) is 6.13. The van der Waals surface area contributed by atoms with Crippen molar-refractivity contribution < 1.29 is 9.90 Å². The number of hydrogen-bond acceptors (Lipinski definition) is 4. The highest BCUT2D eigenvalue weighted by molar-refractivity contribution is 6.27. The molecule has 0 bridgehead atoms. The van der Waals surface area contributed by atoms with Crippen molar-refractivity contribution in [2.45, 2.75) is 31.6 Å². The van der Waals surface area contributed by atoms with Gasteiger partial charge in [-0.25, -0.2) is 0 Å². The number of carboxylic acid groups (broad SMARTS) is 1. The average molecular weight is 272 g/mol. The number of nitrogens with two attached hydrogens (primary N) is 2. The van der Waals surface area contributed by atoms with Crippen LogP contribution in [0.3, 0.4) is 0 Å². The summed E-state index contributed by atoms with van der Waals surface area (Å²) in [6, 6.07) is 0. The van der Waals surface area contributed by atoms with Crippen molar-refractivity contribution in [1.82, 2.24) is 0 Å². The van der Waals surface area contributed by atoms with Gasteiger partial charge in [0.25, 0.3) is 0 Å². The average Bonchev–Trinajstić information content (AvgIpc) is 2.31. The van der Waals surface area contributed by atoms with Gasteiger partial charge in [0.15, 0.2) is 0 Å². The molecule has 102 valence electrons. The highest BCUT2D eigenvalue weighted by Crippen LogP contribution is 2.50. The first-order chi connectivity index (χ1) is 8.36. The second kappa shape index (κ2) is 5.33. The van der Waals surface area contributed by atoms with Crippen LogP contribution in [0.15, 0.2) is 23.9 Å². The molecule has 0 aromatic rings. The van der Waals surface area contributed by atoms with Crippen LogP contribution in [0.25, 0.3) is 0 Å². The molecule has 0 saturated heterocycles. The van der Waals surface area contributed by atoms with Crippen molar-refractivity contribution in [2.24, 2.45) is 22.8 Å². The van der Waals surface area contributed by atoms with Gasteiger partial charge in [-0.15, -0.1) is 11.6 Å². The van der Waals surface area contributed by atoms with Gasteiger partial charge in [0.05, 0.1) is 10.8 Å². The Hall–Kier alpha value is -1.00. The molecule has 0 heterocycles. The smallest absolute Gasteiger partial charge is 0.0831 e. The van der Waals surface area contributed by atoms with Crippen LogP contribution in [0.4, 0.5) is 0 Å². The highest BCUT2D eigenvalue weighted by atomic mass is 35.5. The molecule has 2 atom stereocenters. The Labute approximate surface area is 113 Å². The fraction of sp³-hybridized carbons (Fsp3) is 0.615. The SMILES string of the molecule is CCC(CC)(CN)C1(Cl)C=C(N)C=CC1C(=O)[O-]. The van der Waals surface area contributed by atoms with Crippen LogP contribution in [0.1, 0.15) is 26.7 Å². The first kappa shape index (κ1) is 15.1. The molecule has 0 amide bonds. The first-order valence-corrected chi connectivity index (χ1v) is 6.51. The van der Waals surface area contributed by atoms with Crippen molar-refractivity contribution in [3.63, 3.8) is 0 Å². The molecule has 1 aliphatic carbocycles. The maximum Gasteiger partial charge on any atom is 0.0831 e. The minimum atomic E-state index is -1.20. The molecule has 0 saturated carbocycles. The lowest BCUT2D eigenvalue weighted by Crippen LogP contribution is -2.56. The summed E-state index contributed by atoms with van der Waals surface area (Å²) in [6.07, 6.45) is 5.99. The zero-order chi connectivity index (χ0) is 14.0. The zero-order valence-corrected chi connectivity index (χ0v) is 11.5. The molecule has 0 aromatic carbocycles. The molecule has 4 nitrogen and oxygen atoms in total. The number of hydrogen-bond donors (Lipinski definition) is 2. The summed E-state index contributed by atoms with van der Waals surface area (Å²) >= 11 is 6.65. The molecule has 5 heteroatoms. The van der Waals surface area contributed by atoms with Gasteiger partial charge in [-0.3, -0.25) is 0 Å². The van der Waals surface area contributed by atoms with E-state index in [1.807, 2.05) is 13.8 Å². The zero-order valence-electron chi connectivity index (χ0n) is 10.8. The van der Waals surface area contributed by atoms with Crippen LogP contribution in [-0.4, -0.2) is 17.4 Å². The largest absolute Gasteiger partial charge is 0.549 e. The molecule has 0 aromatic heterocycles. The summed E-state index contributed by atoms with van der Waals surface area (Å²) in [5.41, 5.74) is 11.6. The predicted octanol–water partition coefficient (Wildman–Crippen LogP) is 0.508. The van der Waals surface area contributed by atoms with Crippen LogP contribution < -0.4 is 16.6 Å². The maximum atomic E-state index is 11.3. The monoisotopic (exact) mass is 271 g/mol. The minimum absolute atomic E-state index is 0.297. The Morgan fingerprint density at radius 1 is 1.56 bits per heavy atom. The second-order valence-corrected chi connectivity index (χ2v) is 5.39. The molecule has 0 aliphatic heterocycles. The van der Waals surface area contributed by atoms with Crippen LogP contribution in [0, 0.1) is 11.3 Å². The summed E-state index contributed by atoms with van der Waals surface area (Å²) in [5, 5.41) is 11.3. The van der Waals surface area contributed by atoms with E-state index in [1.54, 1.807) is 12.2 Å². The molecular formula is C13H20ClN2O2-. The lowest BCUT2D eigenvalue weighted by atomic mass is 9.63. The van der Waals surface area contributed by atoms with Crippen molar-refractivity contribution in [1.29, 1.82) is 0 Å². The van der Waals surface area contributed by atoms with E-state index in [0.29, 0.717) is 25.1 Å². The van der Waals surface area contributed by atoms with Crippen LogP contribution in [-0.2, 0) is 4.79 Å². The van der Waals surface area contributed by atoms with E-state index < -0.39 is 22.2 Å². The van der Waals surface area contributed by atoms with Crippen molar-refractivity contribution in [3.05, 3.63) is 23.9 Å². The summed E-state index contributed by atoms with van der Waals surface area (Å²) in [5.74, 6) is -2.13. The third-order valence-corrected chi connectivity index (χ3v) is 4.87. The fourth-order valence-electron chi connectivity index (χ4n) is 2.70. The van der Waals surface area contributed by atoms with E-state index in [4.69, 9.17) is 23.1 Å². The third kappa shape index (κ3) is 2.15. The number of carbonyl (C=O) groups is 1. The lowest BCUT2D eigenvalue weighted by Gasteiger charge is -2.49. The van der Waals surface area contributed by atoms with E-state index in [1.165, 1.54) is 6.08 Å². The van der Waals surface area contributed by atoms with Crippen molar-refractivity contribution in [3.8, 4) is 0 Å². The Morgan fingerprint density at radius 3 is 2.50 bits per heavy atom. The maximum absolute atomic E-state index is 11.3. The van der Waals surface area contributed by atoms with Gasteiger partial charge in [0, 0.05) is 17.0 Å². The minimum Gasteiger partial charge on any atom is -0.549 e. The summed E-state index contributed by atoms with van der Waals surface area (Å²) < 4.78 is 0. The van der Waals surface area contributed by atoms with E-state index in [9.17, 15) is 9.90 Å². The molecule has 0 fully saturated rings. The topological polar surface area (TPSA) is 92.2 Å². The molecule has 1 rings (SSSR count). The predicted molar refractivity (Wildman–Crippen MR) is 70.6 cm³/mol. The van der Waals surface area contributed by atoms with Gasteiger partial charge >= 0.3 is 0 Å². The number of halogens is 1. The van der Waals surface area contributed by atoms with Gasteiger partial charge in [0.1, 0.15) is 0 Å². The summed E-state index contributed by atoms with van der Waals surface area (Å²) in [7, 11) is 0. The fourth-order valence-corrected chi connectivity index (χ4v) is 3.33. The second-order valence-electron chi connectivity index (χ2n) is 4.76. The number of alkyl halides is 1. The van der Waals surface area contributed by atoms with Gasteiger partial charge in [-0.2, -0.15) is 0 Å². The Bertz CT molecular complexity index is 380. The molecular weight excluding hydrogens is 252 g/mol. The number of carboxylic acids is 1. The highest BCUT2D eigenvalue weighted by Gasteiger charge is 2.51. The molecule has 0 radical (unpaired) electrons. The van der Waals surface area contributed by atoms with Gasteiger partial charge in [-0.1, -0.05) is 19.9 Å². The quantitative estimate of drug-likeness (QED) is 0.713. The summed E-state index contributed by atoms with van der Waals surface area (Å²) in [6.45, 7) is 4.20. The van der Waals surface area contributed by atoms with Crippen LogP contribution in [0.2, 0.25) is 0 Å². The van der Waals surface area contributed by atoms with E-state index in [-0.39, 0.29) is 0 Å². The standard InChI is InChI=1S/C13H21ClN2O2/c1-3-12(4-2,8-15)13(14)7-9(16)5-6-10(13)11(17)18/h5-7,10H,3-4,8,15-16H2,1-2H3,(H,17,18)/p-1. The Morgan fingerprint density at radius 2 is 2.11 bits per heavy atom. The van der Waals surface area contributed by atoms with Crippen LogP contribution >= 0.6 is 11.6 Å². The number of carbonyl (C=O) groups excluding carboxylic acids is 1. The normalized spacial score (nSPS) is 28.0. The molecule has 18 heavy (non-hydrogen) atoms. The van der Waals surface area contributed by atoms with E-state index >= 15 is 0 Å². The molecule has 4 N–H and O–H groups in total. The van der Waals surface area contributed by atoms with Crippen molar-refractivity contribution in [2.75, 3.05) is 6.54 Å². The Balaban J connectivity index is 3.36. The van der Waals surface area contributed by atoms with Gasteiger partial charge in [-0.05, 0) is 31.5 Å². The van der Waals surface area contributed by atoms with E-state index in [2.05, 4.69) is 0 Å². The molecule has 0 spiro atoms. The number of aliphatic carboxylic acids is 1. The summed E-state index contributed by atoms with van der Waals surface area (Å²) in [4.78, 5) is 10.2. The Kier molecular flexibility index (Phi) is 4.46. The molecule has 1 aliphatic rings. The van der Waals surface area contributed by atoms with E-state index in [0.717, 1.165) is 0 Å². The van der Waals surface area contributed by atoms with Crippen molar-refractivity contribution >= 4 is 17.6 Å². The van der Waals surface area contributed by atoms with Crippen LogP contribution in [0.5, 0.6) is 0 Å². The van der Waals surface area contributed by atoms with Gasteiger partial charge in [0.2, 0.25) is 0 Å². The molecule has 2 unspecified atom stereocenters. The third-order valence-electron chi connectivity index (χ3n) is 4.12. The number of rotatable bonds is 5. The number of allylic oxidation sites excluding steroid dienone is 2. The van der Waals surface area contributed by atoms with Gasteiger partial charge < -0.3 is 21.4 Å².